The van der Waals surface area contributed by atoms with E-state index in [0.717, 1.165) is 5.75 Å². The summed E-state index contributed by atoms with van der Waals surface area (Å²) in [7, 11) is 0. The lowest BCUT2D eigenvalue weighted by atomic mass is 10.3. The minimum absolute atomic E-state index is 0.133. The molecule has 2 aromatic rings. The van der Waals surface area contributed by atoms with E-state index in [-0.39, 0.29) is 5.95 Å². The molecule has 3 N–H and O–H groups in total. The molecule has 0 saturated heterocycles. The highest BCUT2D eigenvalue weighted by Gasteiger charge is 2.00. The topological polar surface area (TPSA) is 73.1 Å². The molecule has 0 atom stereocenters. The van der Waals surface area contributed by atoms with Crippen LogP contribution < -0.4 is 15.8 Å². The molecule has 7 heteroatoms. The minimum Gasteiger partial charge on any atom is -0.492 e. The predicted molar refractivity (Wildman–Crippen MR) is 76.9 cm³/mol. The molecule has 19 heavy (non-hydrogen) atoms. The Bertz CT molecular complexity index is 528. The maximum Gasteiger partial charge on any atom is 0.223 e. The number of aromatic nitrogens is 2. The Morgan fingerprint density at radius 3 is 2.58 bits per heavy atom. The number of nitrogens with one attached hydrogen (secondary N) is 1. The van der Waals surface area contributed by atoms with Crippen LogP contribution >= 0.6 is 23.2 Å². The second-order valence-corrected chi connectivity index (χ2v) is 4.49. The minimum atomic E-state index is 0.133. The smallest absolute Gasteiger partial charge is 0.223 e. The lowest BCUT2D eigenvalue weighted by Gasteiger charge is -2.08. The van der Waals surface area contributed by atoms with Gasteiger partial charge in [-0.3, -0.25) is 0 Å². The molecule has 0 aliphatic heterocycles. The van der Waals surface area contributed by atoms with Gasteiger partial charge in [-0.2, -0.15) is 4.98 Å². The first kappa shape index (κ1) is 13.7. The molecule has 5 nitrogen and oxygen atoms in total. The van der Waals surface area contributed by atoms with Crippen LogP contribution in [0, 0.1) is 0 Å². The van der Waals surface area contributed by atoms with Crippen LogP contribution in [0.25, 0.3) is 0 Å². The van der Waals surface area contributed by atoms with Crippen LogP contribution in [-0.2, 0) is 0 Å². The number of rotatable bonds is 5. The summed E-state index contributed by atoms with van der Waals surface area (Å²) in [4.78, 5) is 7.75. The number of hydrogen-bond donors (Lipinski definition) is 2. The van der Waals surface area contributed by atoms with Gasteiger partial charge in [0.25, 0.3) is 0 Å². The van der Waals surface area contributed by atoms with E-state index in [1.165, 1.54) is 0 Å². The third-order valence-electron chi connectivity index (χ3n) is 2.20. The second-order valence-electron chi connectivity index (χ2n) is 3.66. The molecule has 1 heterocycles. The van der Waals surface area contributed by atoms with E-state index < -0.39 is 0 Å². The van der Waals surface area contributed by atoms with Gasteiger partial charge in [0.15, 0.2) is 0 Å². The molecule has 1 aromatic carbocycles. The zero-order valence-corrected chi connectivity index (χ0v) is 11.4. The highest BCUT2D eigenvalue weighted by molar-refractivity contribution is 6.30. The van der Waals surface area contributed by atoms with Crippen molar-refractivity contribution in [2.45, 2.75) is 0 Å². The summed E-state index contributed by atoms with van der Waals surface area (Å²) in [5.41, 5.74) is 5.48. The van der Waals surface area contributed by atoms with Crippen LogP contribution in [0.4, 0.5) is 11.8 Å². The zero-order chi connectivity index (χ0) is 13.7. The van der Waals surface area contributed by atoms with Gasteiger partial charge < -0.3 is 15.8 Å². The molecule has 0 amide bonds. The standard InChI is InChI=1S/C12H12Cl2N4O/c13-8-1-3-9(4-2-8)19-6-5-16-11-7-10(14)17-12(15)18-11/h1-4,7H,5-6H2,(H3,15,16,17,18). The Hall–Kier alpha value is -1.72. The third kappa shape index (κ3) is 4.46. The summed E-state index contributed by atoms with van der Waals surface area (Å²) in [5.74, 6) is 1.46. The monoisotopic (exact) mass is 298 g/mol. The van der Waals surface area contributed by atoms with Crippen molar-refractivity contribution >= 4 is 35.0 Å². The first-order valence-electron chi connectivity index (χ1n) is 5.56. The molecule has 0 unspecified atom stereocenters. The third-order valence-corrected chi connectivity index (χ3v) is 2.65. The molecule has 1 aromatic heterocycles. The van der Waals surface area contributed by atoms with Gasteiger partial charge in [-0.15, -0.1) is 0 Å². The van der Waals surface area contributed by atoms with E-state index in [1.54, 1.807) is 18.2 Å². The molecule has 0 aliphatic rings. The van der Waals surface area contributed by atoms with Crippen molar-refractivity contribution in [3.63, 3.8) is 0 Å². The molecule has 0 bridgehead atoms. The molecular weight excluding hydrogens is 287 g/mol. The maximum atomic E-state index is 5.78. The van der Waals surface area contributed by atoms with Crippen molar-refractivity contribution in [3.05, 3.63) is 40.5 Å². The van der Waals surface area contributed by atoms with Gasteiger partial charge in [-0.1, -0.05) is 23.2 Å². The molecule has 0 saturated carbocycles. The normalized spacial score (nSPS) is 10.2. The molecule has 0 radical (unpaired) electrons. The molecule has 0 aliphatic carbocycles. The highest BCUT2D eigenvalue weighted by atomic mass is 35.5. The lowest BCUT2D eigenvalue weighted by Crippen LogP contribution is -2.13. The second kappa shape index (κ2) is 6.45. The fraction of sp³-hybridized carbons (Fsp3) is 0.167. The molecule has 2 rings (SSSR count). The van der Waals surface area contributed by atoms with E-state index >= 15 is 0 Å². The van der Waals surface area contributed by atoms with Crippen molar-refractivity contribution < 1.29 is 4.74 Å². The van der Waals surface area contributed by atoms with Crippen LogP contribution in [0.1, 0.15) is 0 Å². The molecule has 100 valence electrons. The van der Waals surface area contributed by atoms with Gasteiger partial charge in [0, 0.05) is 11.1 Å². The first-order chi connectivity index (χ1) is 9.13. The number of hydrogen-bond acceptors (Lipinski definition) is 5. The van der Waals surface area contributed by atoms with Crippen molar-refractivity contribution in [1.29, 1.82) is 0 Å². The van der Waals surface area contributed by atoms with E-state index in [4.69, 9.17) is 33.7 Å². The first-order valence-corrected chi connectivity index (χ1v) is 6.31. The number of nitrogens with two attached hydrogens (primary N) is 1. The van der Waals surface area contributed by atoms with Gasteiger partial charge in [-0.25, -0.2) is 4.98 Å². The summed E-state index contributed by atoms with van der Waals surface area (Å²) in [6.45, 7) is 1.04. The van der Waals surface area contributed by atoms with Crippen molar-refractivity contribution in [1.82, 2.24) is 9.97 Å². The summed E-state index contributed by atoms with van der Waals surface area (Å²) in [6.07, 6.45) is 0. The van der Waals surface area contributed by atoms with E-state index in [0.29, 0.717) is 29.1 Å². The van der Waals surface area contributed by atoms with E-state index in [1.807, 2.05) is 12.1 Å². The Morgan fingerprint density at radius 2 is 1.89 bits per heavy atom. The van der Waals surface area contributed by atoms with Crippen molar-refractivity contribution in [3.8, 4) is 5.75 Å². The van der Waals surface area contributed by atoms with Gasteiger partial charge in [0.1, 0.15) is 23.3 Å². The Kier molecular flexibility index (Phi) is 4.65. The Balaban J connectivity index is 1.79. The summed E-state index contributed by atoms with van der Waals surface area (Å²) in [6, 6.07) is 8.76. The Labute approximate surface area is 120 Å². The quantitative estimate of drug-likeness (QED) is 0.656. The SMILES string of the molecule is Nc1nc(Cl)cc(NCCOc2ccc(Cl)cc2)n1. The van der Waals surface area contributed by atoms with E-state index in [9.17, 15) is 0 Å². The van der Waals surface area contributed by atoms with Gasteiger partial charge in [0.2, 0.25) is 5.95 Å². The van der Waals surface area contributed by atoms with E-state index in [2.05, 4.69) is 15.3 Å². The number of nitrogen functional groups attached to an aromatic ring is 1. The van der Waals surface area contributed by atoms with Gasteiger partial charge >= 0.3 is 0 Å². The zero-order valence-electron chi connectivity index (χ0n) is 9.94. The fourth-order valence-corrected chi connectivity index (χ4v) is 1.72. The van der Waals surface area contributed by atoms with Crippen molar-refractivity contribution in [2.24, 2.45) is 0 Å². The Morgan fingerprint density at radius 1 is 1.16 bits per heavy atom. The number of benzene rings is 1. The fourth-order valence-electron chi connectivity index (χ4n) is 1.40. The molecular formula is C12H12Cl2N4O. The van der Waals surface area contributed by atoms with Crippen LogP contribution in [0.2, 0.25) is 10.2 Å². The number of nitrogens with zero attached hydrogens (tertiary/aromatic N) is 2. The van der Waals surface area contributed by atoms with Crippen molar-refractivity contribution in [2.75, 3.05) is 24.2 Å². The van der Waals surface area contributed by atoms with Crippen LogP contribution in [0.15, 0.2) is 30.3 Å². The molecule has 0 spiro atoms. The maximum absolute atomic E-state index is 5.78. The summed E-state index contributed by atoms with van der Waals surface area (Å²) in [5, 5.41) is 4.02. The number of anilines is 2. The van der Waals surface area contributed by atoms with Crippen LogP contribution in [0.3, 0.4) is 0 Å². The highest BCUT2D eigenvalue weighted by Crippen LogP contribution is 2.15. The largest absolute Gasteiger partial charge is 0.492 e. The average molecular weight is 299 g/mol. The summed E-state index contributed by atoms with van der Waals surface area (Å²) < 4.78 is 5.51. The van der Waals surface area contributed by atoms with Crippen LogP contribution in [0.5, 0.6) is 5.75 Å². The van der Waals surface area contributed by atoms with Gasteiger partial charge in [0.05, 0.1) is 6.54 Å². The lowest BCUT2D eigenvalue weighted by molar-refractivity contribution is 0.333. The average Bonchev–Trinajstić information content (AvgIpc) is 2.36. The van der Waals surface area contributed by atoms with Gasteiger partial charge in [-0.05, 0) is 24.3 Å². The number of ether oxygens (including phenoxy) is 1. The molecule has 0 fully saturated rings. The number of halogens is 2. The predicted octanol–water partition coefficient (Wildman–Crippen LogP) is 2.86. The summed E-state index contributed by atoms with van der Waals surface area (Å²) >= 11 is 11.5. The van der Waals surface area contributed by atoms with Crippen LogP contribution in [-0.4, -0.2) is 23.1 Å².